The van der Waals surface area contributed by atoms with Gasteiger partial charge in [-0.2, -0.15) is 13.2 Å². The lowest BCUT2D eigenvalue weighted by Crippen LogP contribution is -2.12. The van der Waals surface area contributed by atoms with Crippen LogP contribution in [0, 0.1) is 0 Å². The number of rotatable bonds is 2. The highest BCUT2D eigenvalue weighted by atomic mass is 19.4. The van der Waals surface area contributed by atoms with Gasteiger partial charge in [-0.25, -0.2) is 0 Å². The fourth-order valence-electron chi connectivity index (χ4n) is 2.06. The molecule has 0 spiro atoms. The van der Waals surface area contributed by atoms with Gasteiger partial charge in [0.1, 0.15) is 5.58 Å². The van der Waals surface area contributed by atoms with Gasteiger partial charge < -0.3 is 9.73 Å². The number of halogens is 3. The van der Waals surface area contributed by atoms with Crippen molar-refractivity contribution in [2.75, 3.05) is 5.32 Å². The summed E-state index contributed by atoms with van der Waals surface area (Å²) in [4.78, 5) is 12.1. The van der Waals surface area contributed by atoms with Gasteiger partial charge >= 0.3 is 6.18 Å². The first-order chi connectivity index (χ1) is 10.4. The number of furan rings is 1. The smallest absolute Gasteiger partial charge is 0.416 e. The Balaban J connectivity index is 1.85. The molecular formula is C16H10F3NO2. The zero-order chi connectivity index (χ0) is 15.7. The van der Waals surface area contributed by atoms with E-state index >= 15 is 0 Å². The molecule has 3 aromatic rings. The van der Waals surface area contributed by atoms with Gasteiger partial charge in [-0.1, -0.05) is 24.3 Å². The van der Waals surface area contributed by atoms with Crippen LogP contribution in [-0.4, -0.2) is 5.91 Å². The zero-order valence-electron chi connectivity index (χ0n) is 11.1. The number of alkyl halides is 3. The SMILES string of the molecule is O=C(Nc1cccc(C(F)(F)F)c1)c1cc2ccccc2o1. The van der Waals surface area contributed by atoms with Gasteiger partial charge in [0.15, 0.2) is 5.76 Å². The third-order valence-corrected chi connectivity index (χ3v) is 3.10. The number of anilines is 1. The summed E-state index contributed by atoms with van der Waals surface area (Å²) in [7, 11) is 0. The average Bonchev–Trinajstić information content (AvgIpc) is 2.90. The molecule has 3 rings (SSSR count). The fourth-order valence-corrected chi connectivity index (χ4v) is 2.06. The number of benzene rings is 2. The Hall–Kier alpha value is -2.76. The first-order valence-corrected chi connectivity index (χ1v) is 6.41. The number of hydrogen-bond donors (Lipinski definition) is 1. The quantitative estimate of drug-likeness (QED) is 0.745. The van der Waals surface area contributed by atoms with E-state index in [0.29, 0.717) is 5.58 Å². The summed E-state index contributed by atoms with van der Waals surface area (Å²) in [6.07, 6.45) is -4.46. The summed E-state index contributed by atoms with van der Waals surface area (Å²) >= 11 is 0. The standard InChI is InChI=1S/C16H10F3NO2/c17-16(18,19)11-5-3-6-12(9-11)20-15(21)14-8-10-4-1-2-7-13(10)22-14/h1-9H,(H,20,21). The molecule has 1 heterocycles. The maximum Gasteiger partial charge on any atom is 0.416 e. The lowest BCUT2D eigenvalue weighted by Gasteiger charge is -2.09. The van der Waals surface area contributed by atoms with Gasteiger partial charge in [-0.15, -0.1) is 0 Å². The van der Waals surface area contributed by atoms with Crippen LogP contribution in [-0.2, 0) is 6.18 Å². The molecule has 0 bridgehead atoms. The van der Waals surface area contributed by atoms with E-state index in [1.54, 1.807) is 24.3 Å². The highest BCUT2D eigenvalue weighted by Crippen LogP contribution is 2.30. The van der Waals surface area contributed by atoms with Crippen molar-refractivity contribution in [2.24, 2.45) is 0 Å². The molecule has 0 aliphatic carbocycles. The predicted molar refractivity (Wildman–Crippen MR) is 75.6 cm³/mol. The predicted octanol–water partition coefficient (Wildman–Crippen LogP) is 4.70. The monoisotopic (exact) mass is 305 g/mol. The zero-order valence-corrected chi connectivity index (χ0v) is 11.1. The van der Waals surface area contributed by atoms with Crippen molar-refractivity contribution in [1.82, 2.24) is 0 Å². The first-order valence-electron chi connectivity index (χ1n) is 6.41. The Kier molecular flexibility index (Phi) is 3.36. The number of carbonyl (C=O) groups excluding carboxylic acids is 1. The van der Waals surface area contributed by atoms with Crippen LogP contribution in [0.1, 0.15) is 16.1 Å². The van der Waals surface area contributed by atoms with Gasteiger partial charge in [0.25, 0.3) is 5.91 Å². The summed E-state index contributed by atoms with van der Waals surface area (Å²) in [6, 6.07) is 13.0. The molecule has 0 radical (unpaired) electrons. The topological polar surface area (TPSA) is 42.2 Å². The summed E-state index contributed by atoms with van der Waals surface area (Å²) in [5.74, 6) is -0.561. The highest BCUT2D eigenvalue weighted by molar-refractivity contribution is 6.04. The van der Waals surface area contributed by atoms with Crippen LogP contribution in [0.4, 0.5) is 18.9 Å². The van der Waals surface area contributed by atoms with Gasteiger partial charge in [-0.3, -0.25) is 4.79 Å². The Labute approximate surface area is 123 Å². The van der Waals surface area contributed by atoms with Crippen LogP contribution >= 0.6 is 0 Å². The second-order valence-electron chi connectivity index (χ2n) is 4.68. The largest absolute Gasteiger partial charge is 0.451 e. The normalized spacial score (nSPS) is 11.6. The van der Waals surface area contributed by atoms with Gasteiger partial charge in [-0.05, 0) is 30.3 Å². The Morgan fingerprint density at radius 2 is 1.77 bits per heavy atom. The minimum atomic E-state index is -4.46. The van der Waals surface area contributed by atoms with Crippen LogP contribution in [0.2, 0.25) is 0 Å². The van der Waals surface area contributed by atoms with Crippen LogP contribution in [0.25, 0.3) is 11.0 Å². The van der Waals surface area contributed by atoms with Crippen molar-refractivity contribution in [3.63, 3.8) is 0 Å². The van der Waals surface area contributed by atoms with E-state index in [1.807, 2.05) is 0 Å². The minimum absolute atomic E-state index is 0.0404. The Morgan fingerprint density at radius 3 is 2.50 bits per heavy atom. The van der Waals surface area contributed by atoms with Crippen LogP contribution in [0.5, 0.6) is 0 Å². The first kappa shape index (κ1) is 14.2. The summed E-state index contributed by atoms with van der Waals surface area (Å²) in [6.45, 7) is 0. The lowest BCUT2D eigenvalue weighted by atomic mass is 10.2. The average molecular weight is 305 g/mol. The molecule has 0 aliphatic heterocycles. The molecule has 1 amide bonds. The molecule has 1 aromatic heterocycles. The van der Waals surface area contributed by atoms with Gasteiger partial charge in [0, 0.05) is 11.1 Å². The second-order valence-corrected chi connectivity index (χ2v) is 4.68. The molecule has 2 aromatic carbocycles. The van der Waals surface area contributed by atoms with Crippen molar-refractivity contribution in [2.45, 2.75) is 6.18 Å². The Morgan fingerprint density at radius 1 is 1.00 bits per heavy atom. The maximum atomic E-state index is 12.6. The number of nitrogens with one attached hydrogen (secondary N) is 1. The van der Waals surface area contributed by atoms with E-state index in [9.17, 15) is 18.0 Å². The molecule has 22 heavy (non-hydrogen) atoms. The molecular weight excluding hydrogens is 295 g/mol. The van der Waals surface area contributed by atoms with Gasteiger partial charge in [0.05, 0.1) is 5.56 Å². The molecule has 0 saturated heterocycles. The van der Waals surface area contributed by atoms with E-state index in [4.69, 9.17) is 4.42 Å². The van der Waals surface area contributed by atoms with Crippen LogP contribution in [0.15, 0.2) is 59.0 Å². The molecule has 0 unspecified atom stereocenters. The van der Waals surface area contributed by atoms with Crippen molar-refractivity contribution >= 4 is 22.6 Å². The number of hydrogen-bond acceptors (Lipinski definition) is 2. The van der Waals surface area contributed by atoms with E-state index in [2.05, 4.69) is 5.32 Å². The molecule has 1 N–H and O–H groups in total. The lowest BCUT2D eigenvalue weighted by molar-refractivity contribution is -0.137. The molecule has 0 saturated carbocycles. The van der Waals surface area contributed by atoms with E-state index < -0.39 is 17.6 Å². The molecule has 0 fully saturated rings. The Bertz CT molecular complexity index is 804. The summed E-state index contributed by atoms with van der Waals surface area (Å²) < 4.78 is 43.3. The number of para-hydroxylation sites is 1. The summed E-state index contributed by atoms with van der Waals surface area (Å²) in [5.41, 5.74) is -0.230. The van der Waals surface area contributed by atoms with Crippen LogP contribution < -0.4 is 5.32 Å². The minimum Gasteiger partial charge on any atom is -0.451 e. The number of amides is 1. The number of carbonyl (C=O) groups is 1. The van der Waals surface area contributed by atoms with Crippen LogP contribution in [0.3, 0.4) is 0 Å². The third kappa shape index (κ3) is 2.81. The molecule has 6 heteroatoms. The molecule has 0 atom stereocenters. The summed E-state index contributed by atoms with van der Waals surface area (Å²) in [5, 5.41) is 3.15. The van der Waals surface area contributed by atoms with Crippen molar-refractivity contribution in [3.8, 4) is 0 Å². The molecule has 0 aliphatic rings. The second kappa shape index (κ2) is 5.22. The van der Waals surface area contributed by atoms with E-state index in [-0.39, 0.29) is 11.4 Å². The van der Waals surface area contributed by atoms with Crippen molar-refractivity contribution < 1.29 is 22.4 Å². The van der Waals surface area contributed by atoms with Gasteiger partial charge in [0.2, 0.25) is 0 Å². The van der Waals surface area contributed by atoms with E-state index in [0.717, 1.165) is 17.5 Å². The van der Waals surface area contributed by atoms with Crippen molar-refractivity contribution in [1.29, 1.82) is 0 Å². The fraction of sp³-hybridized carbons (Fsp3) is 0.0625. The molecule has 112 valence electrons. The number of fused-ring (bicyclic) bond motifs is 1. The maximum absolute atomic E-state index is 12.6. The highest BCUT2D eigenvalue weighted by Gasteiger charge is 2.30. The molecule has 3 nitrogen and oxygen atoms in total. The van der Waals surface area contributed by atoms with E-state index in [1.165, 1.54) is 18.2 Å². The third-order valence-electron chi connectivity index (χ3n) is 3.10. The van der Waals surface area contributed by atoms with Crippen molar-refractivity contribution in [3.05, 3.63) is 65.9 Å².